The standard InChI is InChI=1S/C18H21FN6O/c1-24-16(20)14-15(12-7-6-11(26-2)10-13(12)19)21-18(22-17(14)23-24)25-8-4-3-5-9-25/h6-7,10H,3-5,8-9,20H2,1-2H3. The van der Waals surface area contributed by atoms with Crippen LogP contribution in [-0.2, 0) is 7.05 Å². The topological polar surface area (TPSA) is 82.1 Å². The van der Waals surface area contributed by atoms with E-state index in [1.807, 2.05) is 0 Å². The van der Waals surface area contributed by atoms with Crippen LogP contribution in [0, 0.1) is 5.82 Å². The van der Waals surface area contributed by atoms with Gasteiger partial charge >= 0.3 is 0 Å². The quantitative estimate of drug-likeness (QED) is 0.777. The smallest absolute Gasteiger partial charge is 0.228 e. The number of fused-ring (bicyclic) bond motifs is 1. The second-order valence-corrected chi connectivity index (χ2v) is 6.47. The lowest BCUT2D eigenvalue weighted by Gasteiger charge is -2.26. The first kappa shape index (κ1) is 16.6. The lowest BCUT2D eigenvalue weighted by molar-refractivity contribution is 0.411. The maximum absolute atomic E-state index is 14.7. The van der Waals surface area contributed by atoms with Crippen LogP contribution in [0.1, 0.15) is 19.3 Å². The summed E-state index contributed by atoms with van der Waals surface area (Å²) in [4.78, 5) is 11.4. The zero-order chi connectivity index (χ0) is 18.3. The number of piperidine rings is 1. The molecule has 3 heterocycles. The fraction of sp³-hybridized carbons (Fsp3) is 0.389. The average Bonchev–Trinajstić information content (AvgIpc) is 2.95. The number of hydrogen-bond acceptors (Lipinski definition) is 6. The summed E-state index contributed by atoms with van der Waals surface area (Å²) in [6, 6.07) is 4.71. The Morgan fingerprint density at radius 3 is 2.62 bits per heavy atom. The molecule has 0 atom stereocenters. The third-order valence-corrected chi connectivity index (χ3v) is 4.80. The van der Waals surface area contributed by atoms with Gasteiger partial charge in [-0.2, -0.15) is 10.1 Å². The van der Waals surface area contributed by atoms with Crippen molar-refractivity contribution in [3.8, 4) is 17.0 Å². The molecule has 0 amide bonds. The zero-order valence-corrected chi connectivity index (χ0v) is 14.9. The summed E-state index contributed by atoms with van der Waals surface area (Å²) in [6.07, 6.45) is 3.39. The van der Waals surface area contributed by atoms with Crippen LogP contribution in [0.3, 0.4) is 0 Å². The number of nitrogens with two attached hydrogens (primary N) is 1. The Morgan fingerprint density at radius 1 is 1.15 bits per heavy atom. The Balaban J connectivity index is 1.93. The monoisotopic (exact) mass is 356 g/mol. The van der Waals surface area contributed by atoms with Crippen LogP contribution < -0.4 is 15.4 Å². The van der Waals surface area contributed by atoms with Crippen molar-refractivity contribution in [2.75, 3.05) is 30.8 Å². The Morgan fingerprint density at radius 2 is 1.92 bits per heavy atom. The van der Waals surface area contributed by atoms with Crippen molar-refractivity contribution < 1.29 is 9.13 Å². The van der Waals surface area contributed by atoms with Gasteiger partial charge in [-0.25, -0.2) is 9.37 Å². The minimum atomic E-state index is -0.419. The van der Waals surface area contributed by atoms with E-state index in [0.717, 1.165) is 25.9 Å². The molecule has 2 aromatic heterocycles. The summed E-state index contributed by atoms with van der Waals surface area (Å²) < 4.78 is 21.4. The maximum Gasteiger partial charge on any atom is 0.228 e. The van der Waals surface area contributed by atoms with E-state index in [4.69, 9.17) is 10.5 Å². The van der Waals surface area contributed by atoms with Crippen molar-refractivity contribution in [1.29, 1.82) is 0 Å². The van der Waals surface area contributed by atoms with Crippen LogP contribution in [0.4, 0.5) is 16.2 Å². The van der Waals surface area contributed by atoms with Crippen molar-refractivity contribution in [3.05, 3.63) is 24.0 Å². The van der Waals surface area contributed by atoms with Gasteiger partial charge in [0.1, 0.15) is 17.4 Å². The number of benzene rings is 1. The molecule has 0 spiro atoms. The molecule has 1 fully saturated rings. The molecule has 0 saturated carbocycles. The number of hydrogen-bond donors (Lipinski definition) is 1. The molecule has 3 aromatic rings. The van der Waals surface area contributed by atoms with Crippen molar-refractivity contribution in [2.24, 2.45) is 7.05 Å². The van der Waals surface area contributed by atoms with E-state index < -0.39 is 5.82 Å². The van der Waals surface area contributed by atoms with Gasteiger partial charge in [0.15, 0.2) is 5.65 Å². The van der Waals surface area contributed by atoms with E-state index in [1.54, 1.807) is 23.9 Å². The molecular weight excluding hydrogens is 335 g/mol. The molecule has 0 bridgehead atoms. The number of nitrogen functional groups attached to an aromatic ring is 1. The van der Waals surface area contributed by atoms with Gasteiger partial charge in [-0.05, 0) is 31.4 Å². The SMILES string of the molecule is COc1ccc(-c2nc(N3CCCCC3)nc3nn(C)c(N)c23)c(F)c1. The number of methoxy groups -OCH3 is 1. The van der Waals surface area contributed by atoms with E-state index in [0.29, 0.717) is 39.8 Å². The van der Waals surface area contributed by atoms with Crippen LogP contribution >= 0.6 is 0 Å². The van der Waals surface area contributed by atoms with Gasteiger partial charge in [0, 0.05) is 31.8 Å². The highest BCUT2D eigenvalue weighted by atomic mass is 19.1. The summed E-state index contributed by atoms with van der Waals surface area (Å²) in [5, 5.41) is 4.95. The summed E-state index contributed by atoms with van der Waals surface area (Å²) >= 11 is 0. The van der Waals surface area contributed by atoms with Gasteiger partial charge in [0.05, 0.1) is 18.2 Å². The van der Waals surface area contributed by atoms with E-state index in [2.05, 4.69) is 20.0 Å². The van der Waals surface area contributed by atoms with Crippen molar-refractivity contribution in [3.63, 3.8) is 0 Å². The number of aryl methyl sites for hydroxylation is 1. The highest BCUT2D eigenvalue weighted by Gasteiger charge is 2.22. The molecular formula is C18H21FN6O. The van der Waals surface area contributed by atoms with Crippen molar-refractivity contribution >= 4 is 22.8 Å². The molecule has 136 valence electrons. The molecule has 1 aromatic carbocycles. The number of rotatable bonds is 3. The first-order valence-corrected chi connectivity index (χ1v) is 8.67. The molecule has 1 aliphatic rings. The molecule has 8 heteroatoms. The average molecular weight is 356 g/mol. The minimum absolute atomic E-state index is 0.358. The number of ether oxygens (including phenoxy) is 1. The first-order valence-electron chi connectivity index (χ1n) is 8.67. The molecule has 0 radical (unpaired) electrons. The summed E-state index contributed by atoms with van der Waals surface area (Å²) in [5.74, 6) is 1.01. The third-order valence-electron chi connectivity index (χ3n) is 4.80. The molecule has 0 aliphatic carbocycles. The molecule has 4 rings (SSSR count). The molecule has 2 N–H and O–H groups in total. The number of halogens is 1. The number of anilines is 2. The van der Waals surface area contributed by atoms with Gasteiger partial charge in [-0.3, -0.25) is 4.68 Å². The number of nitrogens with zero attached hydrogens (tertiary/aromatic N) is 5. The summed E-state index contributed by atoms with van der Waals surface area (Å²) in [7, 11) is 3.25. The molecule has 26 heavy (non-hydrogen) atoms. The maximum atomic E-state index is 14.7. The van der Waals surface area contributed by atoms with Crippen molar-refractivity contribution in [2.45, 2.75) is 19.3 Å². The summed E-state index contributed by atoms with van der Waals surface area (Å²) in [5.41, 5.74) is 7.47. The highest BCUT2D eigenvalue weighted by molar-refractivity contribution is 5.99. The lowest BCUT2D eigenvalue weighted by Crippen LogP contribution is -2.31. The zero-order valence-electron chi connectivity index (χ0n) is 14.9. The van der Waals surface area contributed by atoms with Crippen LogP contribution in [0.15, 0.2) is 18.2 Å². The molecule has 1 saturated heterocycles. The molecule has 7 nitrogen and oxygen atoms in total. The highest BCUT2D eigenvalue weighted by Crippen LogP contribution is 2.34. The fourth-order valence-electron chi connectivity index (χ4n) is 3.35. The van der Waals surface area contributed by atoms with E-state index >= 15 is 0 Å². The van der Waals surface area contributed by atoms with Crippen LogP contribution in [0.25, 0.3) is 22.3 Å². The van der Waals surface area contributed by atoms with E-state index in [1.165, 1.54) is 19.6 Å². The minimum Gasteiger partial charge on any atom is -0.497 e. The number of aromatic nitrogens is 4. The van der Waals surface area contributed by atoms with Gasteiger partial charge < -0.3 is 15.4 Å². The normalized spacial score (nSPS) is 14.8. The Hall–Kier alpha value is -2.90. The predicted octanol–water partition coefficient (Wildman–Crippen LogP) is 2.75. The van der Waals surface area contributed by atoms with Crippen LogP contribution in [0.5, 0.6) is 5.75 Å². The third kappa shape index (κ3) is 2.71. The largest absolute Gasteiger partial charge is 0.497 e. The predicted molar refractivity (Wildman–Crippen MR) is 98.7 cm³/mol. The first-order chi connectivity index (χ1) is 12.6. The van der Waals surface area contributed by atoms with Crippen molar-refractivity contribution in [1.82, 2.24) is 19.7 Å². The Bertz CT molecular complexity index is 964. The molecule has 1 aliphatic heterocycles. The summed E-state index contributed by atoms with van der Waals surface area (Å²) in [6.45, 7) is 1.77. The second kappa shape index (κ2) is 6.44. The van der Waals surface area contributed by atoms with Gasteiger partial charge in [-0.1, -0.05) is 0 Å². The lowest BCUT2D eigenvalue weighted by atomic mass is 10.1. The Kier molecular flexibility index (Phi) is 4.10. The Labute approximate surface area is 150 Å². The van der Waals surface area contributed by atoms with E-state index in [-0.39, 0.29) is 0 Å². The fourth-order valence-corrected chi connectivity index (χ4v) is 3.35. The van der Waals surface area contributed by atoms with Gasteiger partial charge in [-0.15, -0.1) is 0 Å². The van der Waals surface area contributed by atoms with Crippen LogP contribution in [0.2, 0.25) is 0 Å². The van der Waals surface area contributed by atoms with Gasteiger partial charge in [0.25, 0.3) is 0 Å². The second-order valence-electron chi connectivity index (χ2n) is 6.47. The van der Waals surface area contributed by atoms with Gasteiger partial charge in [0.2, 0.25) is 5.95 Å². The van der Waals surface area contributed by atoms with Crippen LogP contribution in [-0.4, -0.2) is 39.9 Å². The van der Waals surface area contributed by atoms with E-state index in [9.17, 15) is 4.39 Å². The molecule has 0 unspecified atom stereocenters.